The van der Waals surface area contributed by atoms with Crippen molar-refractivity contribution in [2.24, 2.45) is 0 Å². The fourth-order valence-electron chi connectivity index (χ4n) is 1.51. The number of halogens is 2. The van der Waals surface area contributed by atoms with E-state index in [0.29, 0.717) is 0 Å². The third-order valence-electron chi connectivity index (χ3n) is 2.33. The third-order valence-corrected chi connectivity index (χ3v) is 3.05. The van der Waals surface area contributed by atoms with Crippen LogP contribution in [0, 0.1) is 0 Å². The topological polar surface area (TPSA) is 115 Å². The van der Waals surface area contributed by atoms with E-state index in [1.807, 2.05) is 0 Å². The Morgan fingerprint density at radius 1 is 0.947 bits per heavy atom. The molecule has 0 fully saturated rings. The molecular formula is C11H16Cl2O6. The highest BCUT2D eigenvalue weighted by molar-refractivity contribution is 6.18. The molecule has 8 heteroatoms. The second-order valence-electron chi connectivity index (χ2n) is 3.98. The Hall–Kier alpha value is -0.820. The average molecular weight is 315 g/mol. The molecule has 0 spiro atoms. The first-order valence-corrected chi connectivity index (χ1v) is 6.52. The largest absolute Gasteiger partial charge is 0.481 e. The molecule has 6 nitrogen and oxygen atoms in total. The van der Waals surface area contributed by atoms with Crippen LogP contribution < -0.4 is 0 Å². The number of aliphatic hydroxyl groups is 2. The summed E-state index contributed by atoms with van der Waals surface area (Å²) >= 11 is 10.9. The lowest BCUT2D eigenvalue weighted by atomic mass is 9.95. The highest BCUT2D eigenvalue weighted by Gasteiger charge is 2.21. The van der Waals surface area contributed by atoms with Gasteiger partial charge < -0.3 is 20.4 Å². The van der Waals surface area contributed by atoms with Crippen LogP contribution in [0.4, 0.5) is 0 Å². The van der Waals surface area contributed by atoms with Crippen LogP contribution in [0.1, 0.15) is 19.3 Å². The van der Waals surface area contributed by atoms with E-state index in [1.165, 1.54) is 0 Å². The van der Waals surface area contributed by atoms with Gasteiger partial charge in [-0.1, -0.05) is 5.57 Å². The van der Waals surface area contributed by atoms with Gasteiger partial charge in [-0.05, 0) is 12.8 Å². The summed E-state index contributed by atoms with van der Waals surface area (Å²) in [5.74, 6) is -2.96. The van der Waals surface area contributed by atoms with Gasteiger partial charge in [0.1, 0.15) is 0 Å². The van der Waals surface area contributed by atoms with E-state index in [2.05, 4.69) is 0 Å². The number of aliphatic hydroxyl groups excluding tert-OH is 2. The zero-order valence-corrected chi connectivity index (χ0v) is 11.6. The van der Waals surface area contributed by atoms with E-state index in [0.717, 1.165) is 0 Å². The fraction of sp³-hybridized carbons (Fsp3) is 0.636. The Kier molecular flexibility index (Phi) is 8.75. The second kappa shape index (κ2) is 9.14. The van der Waals surface area contributed by atoms with Crippen molar-refractivity contribution >= 4 is 35.1 Å². The molecule has 0 aromatic carbocycles. The molecule has 0 bridgehead atoms. The van der Waals surface area contributed by atoms with Crippen LogP contribution in [-0.2, 0) is 9.59 Å². The average Bonchev–Trinajstić information content (AvgIpc) is 2.34. The summed E-state index contributed by atoms with van der Waals surface area (Å²) < 4.78 is 0. The summed E-state index contributed by atoms with van der Waals surface area (Å²) in [6, 6.07) is 0. The lowest BCUT2D eigenvalue weighted by Gasteiger charge is -2.16. The standard InChI is InChI=1S/C11H16Cl2O6/c12-4-7(14)1-6(2-8(15)5-13)9(11(18)19)3-10(16)17/h7-8,14-15H,1-5H2,(H,16,17)(H,18,19). The predicted molar refractivity (Wildman–Crippen MR) is 69.6 cm³/mol. The summed E-state index contributed by atoms with van der Waals surface area (Å²) in [6.45, 7) is 0. The molecule has 0 rings (SSSR count). The first kappa shape index (κ1) is 18.2. The quantitative estimate of drug-likeness (QED) is 0.370. The van der Waals surface area contributed by atoms with Gasteiger partial charge in [0.25, 0.3) is 0 Å². The van der Waals surface area contributed by atoms with Crippen LogP contribution >= 0.6 is 23.2 Å². The molecule has 2 unspecified atom stereocenters. The summed E-state index contributed by atoms with van der Waals surface area (Å²) in [5.41, 5.74) is -0.225. The molecule has 2 atom stereocenters. The van der Waals surface area contributed by atoms with E-state index in [-0.39, 0.29) is 35.7 Å². The molecule has 4 N–H and O–H groups in total. The minimum atomic E-state index is -1.40. The smallest absolute Gasteiger partial charge is 0.332 e. The van der Waals surface area contributed by atoms with Crippen molar-refractivity contribution in [3.8, 4) is 0 Å². The van der Waals surface area contributed by atoms with Crippen LogP contribution in [-0.4, -0.2) is 56.3 Å². The van der Waals surface area contributed by atoms with Crippen molar-refractivity contribution < 1.29 is 30.0 Å². The van der Waals surface area contributed by atoms with Gasteiger partial charge in [-0.15, -0.1) is 23.2 Å². The van der Waals surface area contributed by atoms with Crippen LogP contribution in [0.2, 0.25) is 0 Å². The van der Waals surface area contributed by atoms with Gasteiger partial charge in [-0.3, -0.25) is 4.79 Å². The molecule has 0 saturated carbocycles. The number of carbonyl (C=O) groups is 2. The summed E-state index contributed by atoms with van der Waals surface area (Å²) in [4.78, 5) is 21.7. The number of carboxylic acids is 2. The minimum Gasteiger partial charge on any atom is -0.481 e. The number of hydrogen-bond acceptors (Lipinski definition) is 4. The van der Waals surface area contributed by atoms with Crippen molar-refractivity contribution in [1.29, 1.82) is 0 Å². The zero-order valence-electron chi connectivity index (χ0n) is 10.1. The first-order chi connectivity index (χ1) is 8.81. The predicted octanol–water partition coefficient (Wildman–Crippen LogP) is 0.822. The maximum atomic E-state index is 11.1. The van der Waals surface area contributed by atoms with Gasteiger partial charge in [0.05, 0.1) is 18.6 Å². The van der Waals surface area contributed by atoms with Crippen molar-refractivity contribution in [2.45, 2.75) is 31.5 Å². The third kappa shape index (κ3) is 7.37. The van der Waals surface area contributed by atoms with Gasteiger partial charge >= 0.3 is 11.9 Å². The SMILES string of the molecule is O=C(O)CC(C(=O)O)=C(CC(O)CCl)CC(O)CCl. The highest BCUT2D eigenvalue weighted by Crippen LogP contribution is 2.21. The summed E-state index contributed by atoms with van der Waals surface area (Å²) in [6.07, 6.45) is -2.96. The molecule has 0 radical (unpaired) electrons. The van der Waals surface area contributed by atoms with Crippen LogP contribution in [0.15, 0.2) is 11.1 Å². The molecule has 0 amide bonds. The highest BCUT2D eigenvalue weighted by atomic mass is 35.5. The van der Waals surface area contributed by atoms with Gasteiger partial charge in [-0.2, -0.15) is 0 Å². The van der Waals surface area contributed by atoms with Crippen LogP contribution in [0.3, 0.4) is 0 Å². The summed E-state index contributed by atoms with van der Waals surface area (Å²) in [7, 11) is 0. The summed E-state index contributed by atoms with van der Waals surface area (Å²) in [5, 5.41) is 36.6. The molecule has 0 aromatic heterocycles. The molecule has 0 aromatic rings. The number of rotatable bonds is 9. The van der Waals surface area contributed by atoms with Crippen molar-refractivity contribution in [3.63, 3.8) is 0 Å². The zero-order chi connectivity index (χ0) is 15.0. The first-order valence-electron chi connectivity index (χ1n) is 5.45. The van der Waals surface area contributed by atoms with E-state index >= 15 is 0 Å². The molecule has 0 saturated heterocycles. The van der Waals surface area contributed by atoms with Crippen molar-refractivity contribution in [3.05, 3.63) is 11.1 Å². The number of carboxylic acid groups (broad SMARTS) is 2. The fourth-order valence-corrected chi connectivity index (χ4v) is 1.73. The molecule has 0 aliphatic rings. The Labute approximate surface area is 120 Å². The lowest BCUT2D eigenvalue weighted by molar-refractivity contribution is -0.139. The Morgan fingerprint density at radius 3 is 1.63 bits per heavy atom. The van der Waals surface area contributed by atoms with Gasteiger partial charge in [0.15, 0.2) is 0 Å². The Bertz CT molecular complexity index is 341. The maximum absolute atomic E-state index is 11.1. The minimum absolute atomic E-state index is 0.119. The molecular weight excluding hydrogens is 299 g/mol. The number of alkyl halides is 2. The van der Waals surface area contributed by atoms with Gasteiger partial charge in [0.2, 0.25) is 0 Å². The van der Waals surface area contributed by atoms with Gasteiger partial charge in [-0.25, -0.2) is 4.79 Å². The lowest BCUT2D eigenvalue weighted by Crippen LogP contribution is -2.19. The van der Waals surface area contributed by atoms with Crippen molar-refractivity contribution in [2.75, 3.05) is 11.8 Å². The molecule has 0 heterocycles. The van der Waals surface area contributed by atoms with E-state index in [9.17, 15) is 19.8 Å². The monoisotopic (exact) mass is 314 g/mol. The normalized spacial score (nSPS) is 13.7. The maximum Gasteiger partial charge on any atom is 0.332 e. The van der Waals surface area contributed by atoms with E-state index in [4.69, 9.17) is 33.4 Å². The number of hydrogen-bond donors (Lipinski definition) is 4. The van der Waals surface area contributed by atoms with E-state index in [1.54, 1.807) is 0 Å². The second-order valence-corrected chi connectivity index (χ2v) is 4.60. The molecule has 0 aliphatic heterocycles. The molecule has 110 valence electrons. The van der Waals surface area contributed by atoms with Crippen molar-refractivity contribution in [1.82, 2.24) is 0 Å². The Balaban J connectivity index is 5.30. The van der Waals surface area contributed by atoms with Crippen LogP contribution in [0.5, 0.6) is 0 Å². The Morgan fingerprint density at radius 2 is 1.37 bits per heavy atom. The van der Waals surface area contributed by atoms with Gasteiger partial charge in [0, 0.05) is 17.3 Å². The van der Waals surface area contributed by atoms with E-state index < -0.39 is 30.6 Å². The molecule has 19 heavy (non-hydrogen) atoms. The van der Waals surface area contributed by atoms with Crippen LogP contribution in [0.25, 0.3) is 0 Å². The molecule has 0 aliphatic carbocycles. The number of aliphatic carboxylic acids is 2.